The molecule has 3 rings (SSSR count). The average molecular weight is 269 g/mol. The average Bonchev–Trinajstić information content (AvgIpc) is 2.38. The van der Waals surface area contributed by atoms with Crippen molar-refractivity contribution < 1.29 is 24.9 Å². The number of carbonyl (C=O) groups excluding carboxylic acids is 2. The maximum Gasteiger partial charge on any atom is 0.197 e. The standard InChI is InChI=1S/C15H10O5/c1-6-4-8-11(10(17)5-6)15(20)12-7(13(8)18)2-3-9(16)14(12)19/h2-5,16-17,19H,1H3/p-1. The Morgan fingerprint density at radius 2 is 1.60 bits per heavy atom. The summed E-state index contributed by atoms with van der Waals surface area (Å²) < 4.78 is 0. The first-order valence-electron chi connectivity index (χ1n) is 5.87. The van der Waals surface area contributed by atoms with Gasteiger partial charge >= 0.3 is 0 Å². The Morgan fingerprint density at radius 3 is 2.30 bits per heavy atom. The summed E-state index contributed by atoms with van der Waals surface area (Å²) in [6.45, 7) is 1.68. The molecule has 1 aliphatic rings. The van der Waals surface area contributed by atoms with E-state index in [1.807, 2.05) is 0 Å². The number of ketones is 2. The van der Waals surface area contributed by atoms with Gasteiger partial charge < -0.3 is 15.3 Å². The lowest BCUT2D eigenvalue weighted by Crippen LogP contribution is -2.23. The number of benzene rings is 2. The monoisotopic (exact) mass is 269 g/mol. The van der Waals surface area contributed by atoms with E-state index >= 15 is 0 Å². The Hall–Kier alpha value is -2.82. The molecule has 0 bridgehead atoms. The van der Waals surface area contributed by atoms with Crippen LogP contribution in [0.15, 0.2) is 24.3 Å². The summed E-state index contributed by atoms with van der Waals surface area (Å²) in [5.74, 6) is -3.09. The smallest absolute Gasteiger partial charge is 0.197 e. The number of hydrogen-bond donors (Lipinski definition) is 2. The Labute approximate surface area is 113 Å². The van der Waals surface area contributed by atoms with Crippen molar-refractivity contribution in [2.75, 3.05) is 0 Å². The predicted molar refractivity (Wildman–Crippen MR) is 67.3 cm³/mol. The van der Waals surface area contributed by atoms with E-state index in [2.05, 4.69) is 0 Å². The molecule has 0 heterocycles. The van der Waals surface area contributed by atoms with Crippen LogP contribution in [-0.2, 0) is 0 Å². The summed E-state index contributed by atoms with van der Waals surface area (Å²) in [6, 6.07) is 5.18. The predicted octanol–water partition coefficient (Wildman–Crippen LogP) is 1.26. The molecule has 0 aliphatic heterocycles. The number of hydrogen-bond acceptors (Lipinski definition) is 5. The van der Waals surface area contributed by atoms with Crippen LogP contribution in [0.2, 0.25) is 0 Å². The maximum atomic E-state index is 12.3. The first kappa shape index (κ1) is 12.2. The van der Waals surface area contributed by atoms with Gasteiger partial charge in [-0.2, -0.15) is 0 Å². The molecule has 0 radical (unpaired) electrons. The van der Waals surface area contributed by atoms with Crippen molar-refractivity contribution in [3.8, 4) is 17.2 Å². The van der Waals surface area contributed by atoms with Gasteiger partial charge in [-0.1, -0.05) is 5.75 Å². The number of carbonyl (C=O) groups is 2. The summed E-state index contributed by atoms with van der Waals surface area (Å²) in [5.41, 5.74) is 0.0878. The van der Waals surface area contributed by atoms with Gasteiger partial charge in [-0.25, -0.2) is 0 Å². The molecule has 5 nitrogen and oxygen atoms in total. The van der Waals surface area contributed by atoms with Gasteiger partial charge in [0.2, 0.25) is 0 Å². The Kier molecular flexibility index (Phi) is 2.34. The zero-order valence-corrected chi connectivity index (χ0v) is 10.4. The highest BCUT2D eigenvalue weighted by molar-refractivity contribution is 6.30. The van der Waals surface area contributed by atoms with Crippen molar-refractivity contribution in [2.45, 2.75) is 6.92 Å². The minimum Gasteiger partial charge on any atom is -0.869 e. The van der Waals surface area contributed by atoms with Crippen LogP contribution in [0, 0.1) is 6.92 Å². The van der Waals surface area contributed by atoms with E-state index in [9.17, 15) is 24.9 Å². The van der Waals surface area contributed by atoms with Crippen LogP contribution < -0.4 is 5.11 Å². The molecular weight excluding hydrogens is 260 g/mol. The van der Waals surface area contributed by atoms with Crippen molar-refractivity contribution in [3.05, 3.63) is 52.1 Å². The fourth-order valence-corrected chi connectivity index (χ4v) is 2.44. The highest BCUT2D eigenvalue weighted by atomic mass is 16.3. The molecular formula is C15H9O5-. The van der Waals surface area contributed by atoms with Crippen LogP contribution in [-0.4, -0.2) is 21.8 Å². The van der Waals surface area contributed by atoms with Gasteiger partial charge in [0.1, 0.15) is 11.5 Å². The summed E-state index contributed by atoms with van der Waals surface area (Å²) in [4.78, 5) is 24.7. The largest absolute Gasteiger partial charge is 0.869 e. The molecule has 2 N–H and O–H groups in total. The van der Waals surface area contributed by atoms with Crippen molar-refractivity contribution in [3.63, 3.8) is 0 Å². The van der Waals surface area contributed by atoms with Crippen molar-refractivity contribution in [1.29, 1.82) is 0 Å². The van der Waals surface area contributed by atoms with E-state index in [0.717, 1.165) is 6.07 Å². The molecule has 0 amide bonds. The zero-order chi connectivity index (χ0) is 14.6. The van der Waals surface area contributed by atoms with Gasteiger partial charge in [0.05, 0.1) is 5.56 Å². The van der Waals surface area contributed by atoms with Gasteiger partial charge in [-0.3, -0.25) is 9.59 Å². The molecule has 1 aliphatic carbocycles. The van der Waals surface area contributed by atoms with E-state index in [4.69, 9.17) is 0 Å². The van der Waals surface area contributed by atoms with Gasteiger partial charge in [-0.15, -0.1) is 0 Å². The second-order valence-electron chi connectivity index (χ2n) is 4.70. The number of aryl methyl sites for hydroxylation is 1. The Morgan fingerprint density at radius 1 is 0.900 bits per heavy atom. The van der Waals surface area contributed by atoms with Crippen molar-refractivity contribution in [1.82, 2.24) is 0 Å². The third kappa shape index (κ3) is 1.43. The van der Waals surface area contributed by atoms with Gasteiger partial charge in [0.25, 0.3) is 0 Å². The molecule has 0 aromatic heterocycles. The highest BCUT2D eigenvalue weighted by Crippen LogP contribution is 2.39. The molecule has 5 heteroatoms. The Bertz CT molecular complexity index is 789. The van der Waals surface area contributed by atoms with E-state index in [1.165, 1.54) is 18.2 Å². The highest BCUT2D eigenvalue weighted by Gasteiger charge is 2.33. The van der Waals surface area contributed by atoms with Crippen LogP contribution in [0.4, 0.5) is 0 Å². The fraction of sp³-hybridized carbons (Fsp3) is 0.0667. The van der Waals surface area contributed by atoms with Gasteiger partial charge in [-0.05, 0) is 36.8 Å². The minimum absolute atomic E-state index is 0.0460. The van der Waals surface area contributed by atoms with Crippen LogP contribution >= 0.6 is 0 Å². The number of phenolic OH excluding ortho intramolecular Hbond substituents is 2. The quantitative estimate of drug-likeness (QED) is 0.640. The first-order valence-corrected chi connectivity index (χ1v) is 5.87. The lowest BCUT2D eigenvalue weighted by molar-refractivity contribution is -0.270. The van der Waals surface area contributed by atoms with Crippen LogP contribution in [0.25, 0.3) is 0 Å². The Balaban J connectivity index is 2.40. The SMILES string of the molecule is Cc1cc(O)c2c(c1)C(=O)c1ccc(O)c([O-])c1C2=O. The molecule has 0 saturated carbocycles. The van der Waals surface area contributed by atoms with E-state index < -0.39 is 23.1 Å². The molecule has 0 saturated heterocycles. The summed E-state index contributed by atoms with van der Waals surface area (Å²) in [7, 11) is 0. The fourth-order valence-electron chi connectivity index (χ4n) is 2.44. The molecule has 0 unspecified atom stereocenters. The lowest BCUT2D eigenvalue weighted by Gasteiger charge is -2.24. The van der Waals surface area contributed by atoms with E-state index in [0.29, 0.717) is 5.56 Å². The molecule has 20 heavy (non-hydrogen) atoms. The van der Waals surface area contributed by atoms with Gasteiger partial charge in [0, 0.05) is 16.7 Å². The molecule has 0 spiro atoms. The second kappa shape index (κ2) is 3.84. The molecule has 0 fully saturated rings. The lowest BCUT2D eigenvalue weighted by atomic mass is 9.82. The topological polar surface area (TPSA) is 97.7 Å². The maximum absolute atomic E-state index is 12.3. The summed E-state index contributed by atoms with van der Waals surface area (Å²) in [6.07, 6.45) is 0. The summed E-state index contributed by atoms with van der Waals surface area (Å²) in [5, 5.41) is 31.1. The van der Waals surface area contributed by atoms with Gasteiger partial charge in [0.15, 0.2) is 11.6 Å². The van der Waals surface area contributed by atoms with Crippen LogP contribution in [0.5, 0.6) is 17.2 Å². The third-order valence-corrected chi connectivity index (χ3v) is 3.34. The zero-order valence-electron chi connectivity index (χ0n) is 10.4. The number of aromatic hydroxyl groups is 2. The molecule has 2 aromatic carbocycles. The van der Waals surface area contributed by atoms with Crippen molar-refractivity contribution >= 4 is 11.6 Å². The molecule has 2 aromatic rings. The normalized spacial score (nSPS) is 13.1. The molecule has 0 atom stereocenters. The first-order chi connectivity index (χ1) is 9.41. The minimum atomic E-state index is -0.897. The third-order valence-electron chi connectivity index (χ3n) is 3.34. The second-order valence-corrected chi connectivity index (χ2v) is 4.70. The number of fused-ring (bicyclic) bond motifs is 2. The number of rotatable bonds is 0. The van der Waals surface area contributed by atoms with E-state index in [-0.39, 0.29) is 28.0 Å². The van der Waals surface area contributed by atoms with Crippen molar-refractivity contribution in [2.24, 2.45) is 0 Å². The van der Waals surface area contributed by atoms with E-state index in [1.54, 1.807) is 6.92 Å². The number of phenols is 2. The summed E-state index contributed by atoms with van der Waals surface area (Å²) >= 11 is 0. The van der Waals surface area contributed by atoms with Crippen LogP contribution in [0.1, 0.15) is 37.4 Å². The van der Waals surface area contributed by atoms with Crippen LogP contribution in [0.3, 0.4) is 0 Å². The molecule has 100 valence electrons.